The first-order valence-corrected chi connectivity index (χ1v) is 6.82. The van der Waals surface area contributed by atoms with E-state index in [1.54, 1.807) is 13.2 Å². The summed E-state index contributed by atoms with van der Waals surface area (Å²) in [5, 5.41) is 0. The van der Waals surface area contributed by atoms with E-state index in [0.717, 1.165) is 5.56 Å². The van der Waals surface area contributed by atoms with Gasteiger partial charge in [-0.1, -0.05) is 12.1 Å². The summed E-state index contributed by atoms with van der Waals surface area (Å²) in [6, 6.07) is 6.82. The lowest BCUT2D eigenvalue weighted by atomic mass is 10.2. The molecule has 1 aliphatic rings. The molecule has 0 aromatic heterocycles. The van der Waals surface area contributed by atoms with Gasteiger partial charge in [0.1, 0.15) is 11.8 Å². The number of nitrogens with two attached hydrogens (primary N) is 1. The summed E-state index contributed by atoms with van der Waals surface area (Å²) in [5.74, 6) is -0.153. The van der Waals surface area contributed by atoms with Gasteiger partial charge >= 0.3 is 0 Å². The van der Waals surface area contributed by atoms with Crippen LogP contribution < -0.4 is 10.5 Å². The quantitative estimate of drug-likeness (QED) is 0.855. The number of carbonyl (C=O) groups excluding carboxylic acids is 2. The van der Waals surface area contributed by atoms with Crippen LogP contribution in [-0.2, 0) is 14.3 Å². The lowest BCUT2D eigenvalue weighted by molar-refractivity contribution is -0.139. The number of likely N-dealkylation sites (tertiary alicyclic amines) is 1. The normalized spacial score (nSPS) is 21.3. The first-order valence-electron chi connectivity index (χ1n) is 6.82. The SMILES string of the molecule is CO[C@H]1C[C@@H](C(N)=O)N(C(=O)COc2cccc(C)c2)C1. The van der Waals surface area contributed by atoms with Gasteiger partial charge in [0.2, 0.25) is 5.91 Å². The topological polar surface area (TPSA) is 81.9 Å². The Kier molecular flexibility index (Phi) is 4.80. The van der Waals surface area contributed by atoms with Crippen molar-refractivity contribution >= 4 is 11.8 Å². The second kappa shape index (κ2) is 6.58. The average molecular weight is 292 g/mol. The van der Waals surface area contributed by atoms with Gasteiger partial charge in [-0.05, 0) is 24.6 Å². The summed E-state index contributed by atoms with van der Waals surface area (Å²) in [7, 11) is 1.56. The smallest absolute Gasteiger partial charge is 0.261 e. The highest BCUT2D eigenvalue weighted by atomic mass is 16.5. The fourth-order valence-corrected chi connectivity index (χ4v) is 2.45. The summed E-state index contributed by atoms with van der Waals surface area (Å²) in [4.78, 5) is 25.1. The molecule has 1 aromatic carbocycles. The predicted molar refractivity (Wildman–Crippen MR) is 76.8 cm³/mol. The zero-order chi connectivity index (χ0) is 15.4. The van der Waals surface area contributed by atoms with E-state index >= 15 is 0 Å². The van der Waals surface area contributed by atoms with Crippen molar-refractivity contribution in [2.24, 2.45) is 5.73 Å². The highest BCUT2D eigenvalue weighted by Gasteiger charge is 2.38. The molecule has 1 aliphatic heterocycles. The summed E-state index contributed by atoms with van der Waals surface area (Å²) in [5.41, 5.74) is 6.39. The molecular formula is C15H20N2O4. The number of hydrogen-bond donors (Lipinski definition) is 1. The molecule has 0 aliphatic carbocycles. The molecule has 2 N–H and O–H groups in total. The number of carbonyl (C=O) groups is 2. The lowest BCUT2D eigenvalue weighted by Crippen LogP contribution is -2.45. The largest absolute Gasteiger partial charge is 0.484 e. The number of ether oxygens (including phenoxy) is 2. The molecular weight excluding hydrogens is 272 g/mol. The number of aryl methyl sites for hydroxylation is 1. The molecule has 114 valence electrons. The molecule has 21 heavy (non-hydrogen) atoms. The van der Waals surface area contributed by atoms with Gasteiger partial charge < -0.3 is 20.1 Å². The Morgan fingerprint density at radius 1 is 1.43 bits per heavy atom. The standard InChI is InChI=1S/C15H20N2O4/c1-10-4-3-5-11(6-10)21-9-14(18)17-8-12(20-2)7-13(17)15(16)19/h3-6,12-13H,7-9H2,1-2H3,(H2,16,19)/t12-,13-/m0/s1. The molecule has 0 unspecified atom stereocenters. The van der Waals surface area contributed by atoms with E-state index in [4.69, 9.17) is 15.2 Å². The minimum Gasteiger partial charge on any atom is -0.484 e. The molecule has 0 saturated carbocycles. The minimum atomic E-state index is -0.622. The molecule has 1 heterocycles. The summed E-state index contributed by atoms with van der Waals surface area (Å²) < 4.78 is 10.7. The Morgan fingerprint density at radius 2 is 2.19 bits per heavy atom. The zero-order valence-corrected chi connectivity index (χ0v) is 12.2. The second-order valence-electron chi connectivity index (χ2n) is 5.16. The van der Waals surface area contributed by atoms with E-state index in [1.807, 2.05) is 25.1 Å². The number of methoxy groups -OCH3 is 1. The van der Waals surface area contributed by atoms with Crippen LogP contribution in [0, 0.1) is 6.92 Å². The molecule has 1 fully saturated rings. The molecule has 2 atom stereocenters. The zero-order valence-electron chi connectivity index (χ0n) is 12.2. The van der Waals surface area contributed by atoms with Crippen molar-refractivity contribution in [3.05, 3.63) is 29.8 Å². The summed E-state index contributed by atoms with van der Waals surface area (Å²) in [6.07, 6.45) is 0.271. The second-order valence-corrected chi connectivity index (χ2v) is 5.16. The monoisotopic (exact) mass is 292 g/mol. The van der Waals surface area contributed by atoms with Crippen LogP contribution in [-0.4, -0.2) is 49.1 Å². The van der Waals surface area contributed by atoms with Gasteiger partial charge in [-0.15, -0.1) is 0 Å². The first kappa shape index (κ1) is 15.3. The van der Waals surface area contributed by atoms with Crippen molar-refractivity contribution < 1.29 is 19.1 Å². The number of nitrogens with zero attached hydrogens (tertiary/aromatic N) is 1. The molecule has 6 nitrogen and oxygen atoms in total. The highest BCUT2D eigenvalue weighted by Crippen LogP contribution is 2.20. The van der Waals surface area contributed by atoms with Crippen LogP contribution in [0.5, 0.6) is 5.75 Å². The average Bonchev–Trinajstić information content (AvgIpc) is 2.89. The molecule has 2 amide bonds. The Bertz CT molecular complexity index is 532. The highest BCUT2D eigenvalue weighted by molar-refractivity contribution is 5.88. The van der Waals surface area contributed by atoms with Gasteiger partial charge in [0, 0.05) is 20.1 Å². The van der Waals surface area contributed by atoms with E-state index in [9.17, 15) is 9.59 Å². The summed E-state index contributed by atoms with van der Waals surface area (Å²) in [6.45, 7) is 2.19. The Morgan fingerprint density at radius 3 is 2.81 bits per heavy atom. The van der Waals surface area contributed by atoms with Crippen LogP contribution in [0.4, 0.5) is 0 Å². The minimum absolute atomic E-state index is 0.121. The van der Waals surface area contributed by atoms with Crippen LogP contribution in [0.2, 0.25) is 0 Å². The molecule has 0 spiro atoms. The van der Waals surface area contributed by atoms with Crippen molar-refractivity contribution in [3.8, 4) is 5.75 Å². The van der Waals surface area contributed by atoms with Crippen molar-refractivity contribution in [2.75, 3.05) is 20.3 Å². The van der Waals surface area contributed by atoms with E-state index in [0.29, 0.717) is 18.7 Å². The predicted octanol–water partition coefficient (Wildman–Crippen LogP) is 0.475. The molecule has 0 radical (unpaired) electrons. The lowest BCUT2D eigenvalue weighted by Gasteiger charge is -2.22. The van der Waals surface area contributed by atoms with Crippen molar-refractivity contribution in [3.63, 3.8) is 0 Å². The number of primary amides is 1. The van der Waals surface area contributed by atoms with Crippen LogP contribution in [0.15, 0.2) is 24.3 Å². The van der Waals surface area contributed by atoms with Gasteiger partial charge in [-0.25, -0.2) is 0 Å². The van der Waals surface area contributed by atoms with Crippen molar-refractivity contribution in [2.45, 2.75) is 25.5 Å². The van der Waals surface area contributed by atoms with Gasteiger partial charge in [-0.2, -0.15) is 0 Å². The maximum Gasteiger partial charge on any atom is 0.261 e. The number of hydrogen-bond acceptors (Lipinski definition) is 4. The maximum atomic E-state index is 12.2. The Balaban J connectivity index is 1.97. The van der Waals surface area contributed by atoms with Crippen molar-refractivity contribution in [1.82, 2.24) is 4.90 Å². The van der Waals surface area contributed by atoms with Crippen LogP contribution >= 0.6 is 0 Å². The number of rotatable bonds is 5. The van der Waals surface area contributed by atoms with Crippen LogP contribution in [0.25, 0.3) is 0 Å². The van der Waals surface area contributed by atoms with Gasteiger partial charge in [-0.3, -0.25) is 9.59 Å². The third-order valence-corrected chi connectivity index (χ3v) is 3.60. The van der Waals surface area contributed by atoms with E-state index in [2.05, 4.69) is 0 Å². The van der Waals surface area contributed by atoms with Gasteiger partial charge in [0.15, 0.2) is 6.61 Å². The number of amides is 2. The third kappa shape index (κ3) is 3.72. The fourth-order valence-electron chi connectivity index (χ4n) is 2.45. The third-order valence-electron chi connectivity index (χ3n) is 3.60. The Labute approximate surface area is 123 Å². The van der Waals surface area contributed by atoms with Gasteiger partial charge in [0.25, 0.3) is 5.91 Å². The van der Waals surface area contributed by atoms with E-state index in [-0.39, 0.29) is 18.6 Å². The van der Waals surface area contributed by atoms with Crippen molar-refractivity contribution in [1.29, 1.82) is 0 Å². The van der Waals surface area contributed by atoms with E-state index < -0.39 is 11.9 Å². The molecule has 0 bridgehead atoms. The fraction of sp³-hybridized carbons (Fsp3) is 0.467. The molecule has 2 rings (SSSR count). The number of benzene rings is 1. The van der Waals surface area contributed by atoms with Crippen LogP contribution in [0.3, 0.4) is 0 Å². The molecule has 6 heteroatoms. The van der Waals surface area contributed by atoms with Crippen LogP contribution in [0.1, 0.15) is 12.0 Å². The summed E-state index contributed by atoms with van der Waals surface area (Å²) >= 11 is 0. The first-order chi connectivity index (χ1) is 10.0. The van der Waals surface area contributed by atoms with Gasteiger partial charge in [0.05, 0.1) is 6.10 Å². The Hall–Kier alpha value is -2.08. The maximum absolute atomic E-state index is 12.2. The molecule has 1 aromatic rings. The molecule has 1 saturated heterocycles. The van der Waals surface area contributed by atoms with E-state index in [1.165, 1.54) is 4.90 Å².